The second-order valence-corrected chi connectivity index (χ2v) is 6.86. The molecular weight excluding hydrogens is 286 g/mol. The predicted molar refractivity (Wildman–Crippen MR) is 80.4 cm³/mol. The Labute approximate surface area is 120 Å². The van der Waals surface area contributed by atoms with E-state index in [-0.39, 0.29) is 10.6 Å². The highest BCUT2D eigenvalue weighted by atomic mass is 35.5. The molecule has 0 bridgehead atoms. The van der Waals surface area contributed by atoms with Gasteiger partial charge in [-0.25, -0.2) is 4.68 Å². The predicted octanol–water partition coefficient (Wildman–Crippen LogP) is 1.73. The minimum Gasteiger partial charge on any atom is -0.381 e. The van der Waals surface area contributed by atoms with Crippen LogP contribution in [0.5, 0.6) is 0 Å². The van der Waals surface area contributed by atoms with Gasteiger partial charge in [-0.3, -0.25) is 9.00 Å². The van der Waals surface area contributed by atoms with Gasteiger partial charge in [-0.15, -0.1) is 0 Å². The number of rotatable bonds is 7. The lowest BCUT2D eigenvalue weighted by Crippen LogP contribution is -2.26. The van der Waals surface area contributed by atoms with Gasteiger partial charge in [0.15, 0.2) is 0 Å². The van der Waals surface area contributed by atoms with E-state index < -0.39 is 10.8 Å². The van der Waals surface area contributed by atoms with E-state index >= 15 is 0 Å². The fraction of sp³-hybridized carbons (Fsp3) is 0.667. The van der Waals surface area contributed by atoms with Crippen LogP contribution in [0.25, 0.3) is 0 Å². The molecule has 1 rings (SSSR count). The highest BCUT2D eigenvalue weighted by Crippen LogP contribution is 2.15. The number of nitrogens with one attached hydrogen (secondary N) is 1. The maximum absolute atomic E-state index is 11.9. The minimum atomic E-state index is -0.834. The first-order chi connectivity index (χ1) is 8.95. The summed E-state index contributed by atoms with van der Waals surface area (Å²) in [5, 5.41) is 7.21. The highest BCUT2D eigenvalue weighted by molar-refractivity contribution is 7.84. The van der Waals surface area contributed by atoms with Gasteiger partial charge in [-0.2, -0.15) is 5.10 Å². The molecule has 1 unspecified atom stereocenters. The molecule has 1 N–H and O–H groups in total. The average Bonchev–Trinajstić information content (AvgIpc) is 2.37. The molecule has 19 heavy (non-hydrogen) atoms. The molecule has 0 aromatic carbocycles. The Morgan fingerprint density at radius 1 is 1.53 bits per heavy atom. The van der Waals surface area contributed by atoms with Crippen molar-refractivity contribution in [3.8, 4) is 0 Å². The van der Waals surface area contributed by atoms with Gasteiger partial charge in [0.1, 0.15) is 5.02 Å². The quantitative estimate of drug-likeness (QED) is 0.833. The number of hydrogen-bond donors (Lipinski definition) is 1. The maximum atomic E-state index is 11.9. The van der Waals surface area contributed by atoms with Gasteiger partial charge in [-0.1, -0.05) is 32.4 Å². The van der Waals surface area contributed by atoms with Crippen LogP contribution >= 0.6 is 11.6 Å². The smallest absolute Gasteiger partial charge is 0.287 e. The molecule has 0 spiro atoms. The van der Waals surface area contributed by atoms with Crippen molar-refractivity contribution >= 4 is 28.1 Å². The highest BCUT2D eigenvalue weighted by Gasteiger charge is 2.10. The fourth-order valence-electron chi connectivity index (χ4n) is 1.51. The van der Waals surface area contributed by atoms with Crippen LogP contribution < -0.4 is 10.9 Å². The zero-order chi connectivity index (χ0) is 14.4. The van der Waals surface area contributed by atoms with Gasteiger partial charge in [0.25, 0.3) is 5.56 Å². The van der Waals surface area contributed by atoms with Crippen molar-refractivity contribution in [2.45, 2.75) is 27.3 Å². The summed E-state index contributed by atoms with van der Waals surface area (Å²) in [6.07, 6.45) is 1.54. The normalized spacial score (nSPS) is 12.7. The summed E-state index contributed by atoms with van der Waals surface area (Å²) < 4.78 is 12.6. The van der Waals surface area contributed by atoms with Crippen molar-refractivity contribution in [1.82, 2.24) is 9.78 Å². The van der Waals surface area contributed by atoms with Crippen LogP contribution in [-0.4, -0.2) is 32.0 Å². The van der Waals surface area contributed by atoms with Crippen molar-refractivity contribution < 1.29 is 4.21 Å². The van der Waals surface area contributed by atoms with Crippen molar-refractivity contribution in [1.29, 1.82) is 0 Å². The Morgan fingerprint density at radius 2 is 2.21 bits per heavy atom. The van der Waals surface area contributed by atoms with Gasteiger partial charge < -0.3 is 5.32 Å². The van der Waals surface area contributed by atoms with Crippen LogP contribution in [0, 0.1) is 5.92 Å². The van der Waals surface area contributed by atoms with Crippen molar-refractivity contribution in [3.05, 3.63) is 21.6 Å². The van der Waals surface area contributed by atoms with Gasteiger partial charge in [0, 0.05) is 35.4 Å². The lowest BCUT2D eigenvalue weighted by Gasteiger charge is -2.11. The number of nitrogens with zero attached hydrogens (tertiary/aromatic N) is 2. The summed E-state index contributed by atoms with van der Waals surface area (Å²) in [6.45, 7) is 6.94. The third-order valence-electron chi connectivity index (χ3n) is 2.49. The van der Waals surface area contributed by atoms with Gasteiger partial charge in [0.05, 0.1) is 11.9 Å². The largest absolute Gasteiger partial charge is 0.381 e. The summed E-state index contributed by atoms with van der Waals surface area (Å²) in [5.74, 6) is 1.48. The molecule has 0 radical (unpaired) electrons. The molecule has 1 atom stereocenters. The van der Waals surface area contributed by atoms with Crippen molar-refractivity contribution in [3.63, 3.8) is 0 Å². The SMILES string of the molecule is CCS(=O)CCNc1cnn(CC(C)C)c(=O)c1Cl. The summed E-state index contributed by atoms with van der Waals surface area (Å²) in [7, 11) is -0.834. The first-order valence-corrected chi connectivity index (χ1v) is 8.16. The standard InChI is InChI=1S/C12H20ClN3O2S/c1-4-19(18)6-5-14-10-7-15-16(8-9(2)3)12(17)11(10)13/h7,9,14H,4-6,8H2,1-3H3. The van der Waals surface area contributed by atoms with E-state index in [4.69, 9.17) is 11.6 Å². The Balaban J connectivity index is 2.74. The topological polar surface area (TPSA) is 64.0 Å². The summed E-state index contributed by atoms with van der Waals surface area (Å²) >= 11 is 6.02. The monoisotopic (exact) mass is 305 g/mol. The second kappa shape index (κ2) is 7.65. The molecule has 7 heteroatoms. The van der Waals surface area contributed by atoms with E-state index in [1.54, 1.807) is 6.20 Å². The summed E-state index contributed by atoms with van der Waals surface area (Å²) in [5.41, 5.74) is 0.205. The maximum Gasteiger partial charge on any atom is 0.287 e. The summed E-state index contributed by atoms with van der Waals surface area (Å²) in [4.78, 5) is 11.9. The molecule has 5 nitrogen and oxygen atoms in total. The first kappa shape index (κ1) is 16.2. The number of halogens is 1. The van der Waals surface area contributed by atoms with E-state index in [9.17, 15) is 9.00 Å². The van der Waals surface area contributed by atoms with E-state index in [2.05, 4.69) is 10.4 Å². The van der Waals surface area contributed by atoms with Crippen LogP contribution in [0.1, 0.15) is 20.8 Å². The lowest BCUT2D eigenvalue weighted by atomic mass is 10.2. The molecule has 0 amide bonds. The molecule has 0 aliphatic rings. The van der Waals surface area contributed by atoms with Crippen molar-refractivity contribution in [2.75, 3.05) is 23.4 Å². The lowest BCUT2D eigenvalue weighted by molar-refractivity contribution is 0.464. The molecular formula is C12H20ClN3O2S. The fourth-order valence-corrected chi connectivity index (χ4v) is 2.34. The van der Waals surface area contributed by atoms with Gasteiger partial charge in [-0.05, 0) is 5.92 Å². The van der Waals surface area contributed by atoms with Crippen molar-refractivity contribution in [2.24, 2.45) is 5.92 Å². The molecule has 0 fully saturated rings. The van der Waals surface area contributed by atoms with E-state index in [0.29, 0.717) is 36.2 Å². The molecule has 1 heterocycles. The molecule has 1 aromatic heterocycles. The molecule has 0 aliphatic heterocycles. The third-order valence-corrected chi connectivity index (χ3v) is 4.16. The third kappa shape index (κ3) is 4.95. The Kier molecular flexibility index (Phi) is 6.51. The van der Waals surface area contributed by atoms with Gasteiger partial charge in [0.2, 0.25) is 0 Å². The minimum absolute atomic E-state index is 0.137. The van der Waals surface area contributed by atoms with E-state index in [1.807, 2.05) is 20.8 Å². The molecule has 108 valence electrons. The van der Waals surface area contributed by atoms with Gasteiger partial charge >= 0.3 is 0 Å². The zero-order valence-electron chi connectivity index (χ0n) is 11.5. The van der Waals surface area contributed by atoms with Crippen LogP contribution in [0.4, 0.5) is 5.69 Å². The Bertz CT molecular complexity index is 502. The van der Waals surface area contributed by atoms with Crippen LogP contribution in [0.3, 0.4) is 0 Å². The number of anilines is 1. The zero-order valence-corrected chi connectivity index (χ0v) is 13.1. The average molecular weight is 306 g/mol. The van der Waals surface area contributed by atoms with Crippen LogP contribution in [0.2, 0.25) is 5.02 Å². The van der Waals surface area contributed by atoms with Crippen LogP contribution in [0.15, 0.2) is 11.0 Å². The van der Waals surface area contributed by atoms with E-state index in [1.165, 1.54) is 4.68 Å². The summed E-state index contributed by atoms with van der Waals surface area (Å²) in [6, 6.07) is 0. The number of aromatic nitrogens is 2. The first-order valence-electron chi connectivity index (χ1n) is 6.30. The molecule has 0 saturated heterocycles. The van der Waals surface area contributed by atoms with E-state index in [0.717, 1.165) is 0 Å². The van der Waals surface area contributed by atoms with Crippen LogP contribution in [-0.2, 0) is 17.3 Å². The molecule has 1 aromatic rings. The Morgan fingerprint density at radius 3 is 2.79 bits per heavy atom. The molecule has 0 saturated carbocycles. The second-order valence-electron chi connectivity index (χ2n) is 4.61. The number of hydrogen-bond acceptors (Lipinski definition) is 4. The Hall–Kier alpha value is -0.880. The molecule has 0 aliphatic carbocycles.